The van der Waals surface area contributed by atoms with Crippen molar-refractivity contribution in [3.05, 3.63) is 340 Å². The van der Waals surface area contributed by atoms with E-state index in [-0.39, 0.29) is 32.5 Å². The van der Waals surface area contributed by atoms with E-state index in [1.807, 2.05) is 0 Å². The molecular formula is C142H165N. The number of unbranched alkanes of at least 4 members (excludes halogenated alkanes) is 30. The fourth-order valence-electron chi connectivity index (χ4n) is 28.5. The third-order valence-electron chi connectivity index (χ3n) is 36.5. The van der Waals surface area contributed by atoms with Crippen LogP contribution in [0.5, 0.6) is 0 Å². The third kappa shape index (κ3) is 18.8. The molecule has 20 rings (SSSR count). The van der Waals surface area contributed by atoms with Crippen LogP contribution in [-0.2, 0) is 32.5 Å². The quantitative estimate of drug-likeness (QED) is 0.0344. The molecule has 0 unspecified atom stereocenters. The molecule has 6 aliphatic carbocycles. The van der Waals surface area contributed by atoms with Crippen LogP contribution in [-0.4, -0.2) is 0 Å². The molecule has 738 valence electrons. The first-order valence-corrected chi connectivity index (χ1v) is 57.9. The Hall–Kier alpha value is -10.9. The summed E-state index contributed by atoms with van der Waals surface area (Å²) in [5.41, 5.74) is 47.9. The molecule has 14 aromatic carbocycles. The molecule has 0 aliphatic heterocycles. The lowest BCUT2D eigenvalue weighted by Crippen LogP contribution is -2.26. The molecule has 0 bridgehead atoms. The average Bonchev–Trinajstić information content (AvgIpc) is 1.52. The molecule has 0 amide bonds. The van der Waals surface area contributed by atoms with Crippen LogP contribution in [0.1, 0.15) is 420 Å². The van der Waals surface area contributed by atoms with Gasteiger partial charge in [0.25, 0.3) is 0 Å². The molecule has 1 heteroatoms. The fraction of sp³-hybridized carbons (Fsp3) is 0.423. The number of rotatable bonds is 49. The number of benzene rings is 14. The molecule has 0 saturated carbocycles. The number of hydrogen-bond acceptors (Lipinski definition) is 1. The van der Waals surface area contributed by atoms with Crippen LogP contribution in [0.4, 0.5) is 17.1 Å². The first-order chi connectivity index (χ1) is 69.9. The normalized spacial score (nSPS) is 15.1. The minimum Gasteiger partial charge on any atom is -0.310 e. The van der Waals surface area contributed by atoms with Gasteiger partial charge in [0.15, 0.2) is 0 Å². The van der Waals surface area contributed by atoms with E-state index in [1.54, 1.807) is 33.4 Å². The summed E-state index contributed by atoms with van der Waals surface area (Å²) in [6.07, 6.45) is 54.6. The number of anilines is 3. The molecule has 0 saturated heterocycles. The predicted octanol–water partition coefficient (Wildman–Crippen LogP) is 43.2. The van der Waals surface area contributed by atoms with E-state index >= 15 is 0 Å². The van der Waals surface area contributed by atoms with Gasteiger partial charge in [-0.05, 0) is 301 Å². The van der Waals surface area contributed by atoms with Crippen LogP contribution >= 0.6 is 0 Å². The summed E-state index contributed by atoms with van der Waals surface area (Å²) in [4.78, 5) is 2.66. The molecule has 0 atom stereocenters. The predicted molar refractivity (Wildman–Crippen MR) is 620 cm³/mol. The van der Waals surface area contributed by atoms with E-state index in [0.717, 1.165) is 11.4 Å². The summed E-state index contributed by atoms with van der Waals surface area (Å²) in [6, 6.07) is 111. The highest BCUT2D eigenvalue weighted by atomic mass is 15.1. The molecule has 0 aromatic heterocycles. The minimum atomic E-state index is -0.323. The second kappa shape index (κ2) is 43.4. The first kappa shape index (κ1) is 99.5. The van der Waals surface area contributed by atoms with Crippen molar-refractivity contribution in [1.82, 2.24) is 0 Å². The third-order valence-corrected chi connectivity index (χ3v) is 36.5. The lowest BCUT2D eigenvalue weighted by molar-refractivity contribution is 0.398. The monoisotopic (exact) mass is 1880 g/mol. The molecular weight excluding hydrogens is 1720 g/mol. The Morgan fingerprint density at radius 3 is 0.734 bits per heavy atom. The van der Waals surface area contributed by atoms with E-state index in [4.69, 9.17) is 0 Å². The van der Waals surface area contributed by atoms with Crippen molar-refractivity contribution >= 4 is 27.8 Å². The lowest BCUT2D eigenvalue weighted by atomic mass is 9.70. The second-order valence-corrected chi connectivity index (χ2v) is 46.7. The van der Waals surface area contributed by atoms with Gasteiger partial charge in [-0.25, -0.2) is 0 Å². The summed E-state index contributed by atoms with van der Waals surface area (Å²) >= 11 is 0. The summed E-state index contributed by atoms with van der Waals surface area (Å²) in [5, 5.41) is 2.59. The van der Waals surface area contributed by atoms with Crippen LogP contribution < -0.4 is 4.90 Å². The summed E-state index contributed by atoms with van der Waals surface area (Å²) in [6.45, 7) is 29.2. The van der Waals surface area contributed by atoms with Crippen molar-refractivity contribution < 1.29 is 0 Å². The van der Waals surface area contributed by atoms with Crippen LogP contribution in [0.25, 0.3) is 122 Å². The Labute approximate surface area is 862 Å². The van der Waals surface area contributed by atoms with Gasteiger partial charge in [-0.2, -0.15) is 0 Å². The zero-order valence-corrected chi connectivity index (χ0v) is 89.6. The van der Waals surface area contributed by atoms with Gasteiger partial charge in [0.2, 0.25) is 0 Å². The van der Waals surface area contributed by atoms with Gasteiger partial charge in [0, 0.05) is 49.3 Å². The highest BCUT2D eigenvalue weighted by molar-refractivity contribution is 6.11. The molecule has 0 radical (unpaired) electrons. The number of nitrogens with zero attached hydrogens (tertiary/aromatic N) is 1. The largest absolute Gasteiger partial charge is 0.310 e. The Balaban J connectivity index is 0.669. The van der Waals surface area contributed by atoms with Crippen molar-refractivity contribution in [2.75, 3.05) is 4.90 Å². The standard InChI is InChI=1S/C142H165N/c1-13-19-25-31-37-51-83-140(84-52-38-32-26-20-14-2)123-68-48-45-63-110(123)117-81-75-106(95-131(117)140)104-73-79-115-113-77-71-102(91-126(113)137(7,8)128(115)93-104)100-59-57-61-108(89-100)143(135-99-134-136(120-67-44-43-66-119(120)135)122-98-133-121(97-130(122)139(134,11)12)112-65-47-50-70-125(112)142(133,87-55-41-35-29-23-17-5)88-56-42-36-30-24-18-6)109-62-58-60-101(90-109)103-72-78-114-116-80-74-105(94-129(116)138(9,10)127(114)92-103)107-76-82-118-111-64-46-49-69-124(111)141(132(118)96-107,85-53-39-33-27-21-15-3)86-54-40-34-28-22-16-4/h43-50,57-82,89-99H,13-42,51-56,83-88H2,1-12H3. The smallest absolute Gasteiger partial charge is 0.0543 e. The van der Waals surface area contributed by atoms with E-state index in [2.05, 4.69) is 361 Å². The first-order valence-electron chi connectivity index (χ1n) is 57.9. The molecule has 0 spiro atoms. The van der Waals surface area contributed by atoms with Crippen LogP contribution in [0, 0.1) is 0 Å². The van der Waals surface area contributed by atoms with Gasteiger partial charge >= 0.3 is 0 Å². The van der Waals surface area contributed by atoms with Gasteiger partial charge in [0.05, 0.1) is 5.69 Å². The summed E-state index contributed by atoms with van der Waals surface area (Å²) < 4.78 is 0. The van der Waals surface area contributed by atoms with E-state index < -0.39 is 0 Å². The molecule has 14 aromatic rings. The van der Waals surface area contributed by atoms with Crippen LogP contribution in [0.15, 0.2) is 273 Å². The van der Waals surface area contributed by atoms with E-state index in [0.29, 0.717) is 0 Å². The van der Waals surface area contributed by atoms with Gasteiger partial charge in [-0.15, -0.1) is 0 Å². The van der Waals surface area contributed by atoms with Crippen molar-refractivity contribution in [2.24, 2.45) is 0 Å². The molecule has 1 nitrogen and oxygen atoms in total. The molecule has 6 aliphatic rings. The Bertz CT molecular complexity index is 6540. The zero-order valence-electron chi connectivity index (χ0n) is 89.6. The molecule has 0 heterocycles. The Kier molecular flexibility index (Phi) is 30.2. The van der Waals surface area contributed by atoms with Gasteiger partial charge in [-0.1, -0.05) is 508 Å². The number of fused-ring (bicyclic) bond motifs is 20. The Morgan fingerprint density at radius 1 is 0.168 bits per heavy atom. The highest BCUT2D eigenvalue weighted by Crippen LogP contribution is 2.64. The SMILES string of the molecule is CCCCCCCCC1(CCCCCCCC)c2ccccc2-c2ccc(-c3ccc4c(c3)C(C)(C)c3cc(-c5cccc(N(c6cccc(-c7ccc8c(c7)C(C)(C)c7cc(-c9ccc%10c(c9)C(CCCCCCCC)(CCCCCCCC)c9ccccc9-%10)ccc7-8)c6)c6cc7c(c8ccccc68)-c6cc8c(cc6C7(C)C)-c6ccccc6C8(CCCCCCCC)CCCCCCCC)c5)ccc3-4)cc21. The minimum absolute atomic E-state index is 0.0228. The van der Waals surface area contributed by atoms with E-state index in [9.17, 15) is 0 Å². The van der Waals surface area contributed by atoms with Gasteiger partial charge < -0.3 is 4.90 Å². The maximum atomic E-state index is 2.78. The fourth-order valence-corrected chi connectivity index (χ4v) is 28.5. The van der Waals surface area contributed by atoms with Gasteiger partial charge in [0.1, 0.15) is 0 Å². The highest BCUT2D eigenvalue weighted by Gasteiger charge is 2.49. The maximum absolute atomic E-state index is 2.78. The van der Waals surface area contributed by atoms with Gasteiger partial charge in [-0.3, -0.25) is 0 Å². The van der Waals surface area contributed by atoms with Crippen molar-refractivity contribution in [1.29, 1.82) is 0 Å². The lowest BCUT2D eigenvalue weighted by Gasteiger charge is -2.33. The topological polar surface area (TPSA) is 3.24 Å². The molecule has 0 N–H and O–H groups in total. The van der Waals surface area contributed by atoms with Crippen molar-refractivity contribution in [2.45, 2.75) is 385 Å². The Morgan fingerprint density at radius 2 is 0.406 bits per heavy atom. The summed E-state index contributed by atoms with van der Waals surface area (Å²) in [5.74, 6) is 0. The van der Waals surface area contributed by atoms with Crippen molar-refractivity contribution in [3.8, 4) is 111 Å². The zero-order chi connectivity index (χ0) is 98.5. The van der Waals surface area contributed by atoms with Crippen LogP contribution in [0.3, 0.4) is 0 Å². The van der Waals surface area contributed by atoms with E-state index in [1.165, 1.54) is 431 Å². The average molecular weight is 1890 g/mol. The summed E-state index contributed by atoms with van der Waals surface area (Å²) in [7, 11) is 0. The van der Waals surface area contributed by atoms with Crippen molar-refractivity contribution in [3.63, 3.8) is 0 Å². The molecule has 143 heavy (non-hydrogen) atoms. The second-order valence-electron chi connectivity index (χ2n) is 46.7. The molecule has 0 fully saturated rings. The number of hydrogen-bond donors (Lipinski definition) is 0. The maximum Gasteiger partial charge on any atom is 0.0543 e. The van der Waals surface area contributed by atoms with Crippen LogP contribution in [0.2, 0.25) is 0 Å².